The summed E-state index contributed by atoms with van der Waals surface area (Å²) in [7, 11) is 0. The number of carboxylic acids is 2. The van der Waals surface area contributed by atoms with Crippen LogP contribution in [-0.4, -0.2) is 34.1 Å². The number of unbranched alkanes of at least 4 members (excludes halogenated alkanes) is 2. The summed E-state index contributed by atoms with van der Waals surface area (Å²) in [6.45, 7) is 2.00. The molecule has 0 aromatic carbocycles. The highest BCUT2D eigenvalue weighted by Crippen LogP contribution is 2.02. The number of amides is 1. The van der Waals surface area contributed by atoms with E-state index in [2.05, 4.69) is 5.32 Å². The zero-order valence-corrected chi connectivity index (χ0v) is 9.94. The summed E-state index contributed by atoms with van der Waals surface area (Å²) in [4.78, 5) is 32.4. The maximum atomic E-state index is 11.4. The minimum absolute atomic E-state index is 0.0931. The first-order valence-electron chi connectivity index (χ1n) is 5.71. The number of carbonyl (C=O) groups is 3. The summed E-state index contributed by atoms with van der Waals surface area (Å²) >= 11 is 0. The molecule has 6 heteroatoms. The Morgan fingerprint density at radius 2 is 1.76 bits per heavy atom. The van der Waals surface area contributed by atoms with Crippen molar-refractivity contribution < 1.29 is 24.6 Å². The molecule has 1 amide bonds. The van der Waals surface area contributed by atoms with E-state index in [4.69, 9.17) is 10.2 Å². The van der Waals surface area contributed by atoms with Crippen LogP contribution in [0.4, 0.5) is 0 Å². The molecule has 0 unspecified atom stereocenters. The van der Waals surface area contributed by atoms with E-state index in [1.54, 1.807) is 0 Å². The van der Waals surface area contributed by atoms with Gasteiger partial charge in [0.2, 0.25) is 5.91 Å². The average molecular weight is 245 g/mol. The van der Waals surface area contributed by atoms with Crippen LogP contribution >= 0.6 is 0 Å². The van der Waals surface area contributed by atoms with E-state index in [0.29, 0.717) is 6.42 Å². The Bertz CT molecular complexity index is 277. The number of hydrogen-bond donors (Lipinski definition) is 3. The number of carbonyl (C=O) groups excluding carboxylic acids is 1. The van der Waals surface area contributed by atoms with Crippen LogP contribution in [0.2, 0.25) is 0 Å². The lowest BCUT2D eigenvalue weighted by molar-refractivity contribution is -0.143. The topological polar surface area (TPSA) is 104 Å². The summed E-state index contributed by atoms with van der Waals surface area (Å²) in [6.07, 6.45) is 2.53. The molecule has 0 fully saturated rings. The highest BCUT2D eigenvalue weighted by molar-refractivity contribution is 5.83. The summed E-state index contributed by atoms with van der Waals surface area (Å²) in [5.74, 6) is -2.61. The third-order valence-corrected chi connectivity index (χ3v) is 2.29. The summed E-state index contributed by atoms with van der Waals surface area (Å²) in [5.41, 5.74) is 0. The van der Waals surface area contributed by atoms with Gasteiger partial charge in [-0.3, -0.25) is 9.59 Å². The number of rotatable bonds is 9. The van der Waals surface area contributed by atoms with Gasteiger partial charge in [-0.05, 0) is 12.8 Å². The zero-order valence-electron chi connectivity index (χ0n) is 9.94. The molecule has 98 valence electrons. The van der Waals surface area contributed by atoms with Crippen LogP contribution in [0.25, 0.3) is 0 Å². The van der Waals surface area contributed by atoms with E-state index in [0.717, 1.165) is 12.8 Å². The van der Waals surface area contributed by atoms with E-state index < -0.39 is 18.0 Å². The Labute approximate surface area is 100 Å². The van der Waals surface area contributed by atoms with Crippen LogP contribution in [0.15, 0.2) is 0 Å². The Balaban J connectivity index is 4.02. The normalized spacial score (nSPS) is 11.8. The molecule has 0 spiro atoms. The summed E-state index contributed by atoms with van der Waals surface area (Å²) < 4.78 is 0. The largest absolute Gasteiger partial charge is 0.481 e. The van der Waals surface area contributed by atoms with Gasteiger partial charge in [0.15, 0.2) is 0 Å². The van der Waals surface area contributed by atoms with Crippen molar-refractivity contribution in [1.82, 2.24) is 5.32 Å². The monoisotopic (exact) mass is 245 g/mol. The Morgan fingerprint density at radius 1 is 1.12 bits per heavy atom. The molecule has 0 saturated carbocycles. The number of nitrogens with one attached hydrogen (secondary N) is 1. The fourth-order valence-corrected chi connectivity index (χ4v) is 1.33. The molecule has 1 atom stereocenters. The van der Waals surface area contributed by atoms with Gasteiger partial charge in [0, 0.05) is 12.8 Å². The van der Waals surface area contributed by atoms with Crippen molar-refractivity contribution in [3.05, 3.63) is 0 Å². The van der Waals surface area contributed by atoms with Gasteiger partial charge in [-0.15, -0.1) is 0 Å². The van der Waals surface area contributed by atoms with E-state index in [-0.39, 0.29) is 25.2 Å². The SMILES string of the molecule is CCCCCC(=O)N[C@H](CCC(=O)O)C(=O)O. The van der Waals surface area contributed by atoms with Crippen molar-refractivity contribution in [2.45, 2.75) is 51.5 Å². The van der Waals surface area contributed by atoms with Gasteiger partial charge in [0.25, 0.3) is 0 Å². The Hall–Kier alpha value is -1.59. The molecule has 0 aliphatic carbocycles. The predicted molar refractivity (Wildman–Crippen MR) is 60.6 cm³/mol. The highest BCUT2D eigenvalue weighted by Gasteiger charge is 2.20. The molecule has 6 nitrogen and oxygen atoms in total. The molecule has 0 aliphatic heterocycles. The van der Waals surface area contributed by atoms with Crippen molar-refractivity contribution in [2.75, 3.05) is 0 Å². The van der Waals surface area contributed by atoms with Crippen LogP contribution in [0.1, 0.15) is 45.4 Å². The molecule has 0 aromatic heterocycles. The second-order valence-electron chi connectivity index (χ2n) is 3.85. The van der Waals surface area contributed by atoms with Crippen LogP contribution in [0.5, 0.6) is 0 Å². The standard InChI is InChI=1S/C11H19NO5/c1-2-3-4-5-9(13)12-8(11(16)17)6-7-10(14)15/h8H,2-7H2,1H3,(H,12,13)(H,14,15)(H,16,17)/t8-/m1/s1. The number of aliphatic carboxylic acids is 2. The molecule has 0 aliphatic rings. The molecular formula is C11H19NO5. The molecule has 0 aromatic rings. The second-order valence-corrected chi connectivity index (χ2v) is 3.85. The molecule has 3 N–H and O–H groups in total. The minimum atomic E-state index is -1.20. The molecule has 17 heavy (non-hydrogen) atoms. The summed E-state index contributed by atoms with van der Waals surface area (Å²) in [5, 5.41) is 19.6. The van der Waals surface area contributed by atoms with Crippen LogP contribution in [-0.2, 0) is 14.4 Å². The molecule has 0 rings (SSSR count). The van der Waals surface area contributed by atoms with Crippen molar-refractivity contribution >= 4 is 17.8 Å². The van der Waals surface area contributed by atoms with Crippen molar-refractivity contribution in [2.24, 2.45) is 0 Å². The average Bonchev–Trinajstić information content (AvgIpc) is 2.23. The second kappa shape index (κ2) is 8.55. The quantitative estimate of drug-likeness (QED) is 0.526. The van der Waals surface area contributed by atoms with E-state index in [1.807, 2.05) is 6.92 Å². The van der Waals surface area contributed by atoms with E-state index >= 15 is 0 Å². The molecule has 0 radical (unpaired) electrons. The molecular weight excluding hydrogens is 226 g/mol. The third-order valence-electron chi connectivity index (χ3n) is 2.29. The molecule has 0 saturated heterocycles. The lowest BCUT2D eigenvalue weighted by Crippen LogP contribution is -2.41. The Morgan fingerprint density at radius 3 is 2.24 bits per heavy atom. The predicted octanol–water partition coefficient (Wildman–Crippen LogP) is 1.00. The molecule has 0 heterocycles. The lowest BCUT2D eigenvalue weighted by Gasteiger charge is -2.13. The van der Waals surface area contributed by atoms with Crippen molar-refractivity contribution in [1.29, 1.82) is 0 Å². The fraction of sp³-hybridized carbons (Fsp3) is 0.727. The van der Waals surface area contributed by atoms with Crippen molar-refractivity contribution in [3.63, 3.8) is 0 Å². The van der Waals surface area contributed by atoms with Gasteiger partial charge < -0.3 is 15.5 Å². The number of hydrogen-bond acceptors (Lipinski definition) is 3. The first-order valence-corrected chi connectivity index (χ1v) is 5.71. The Kier molecular flexibility index (Phi) is 7.75. The molecule has 0 bridgehead atoms. The maximum absolute atomic E-state index is 11.4. The number of carboxylic acid groups (broad SMARTS) is 2. The van der Waals surface area contributed by atoms with E-state index in [1.165, 1.54) is 0 Å². The van der Waals surface area contributed by atoms with Crippen LogP contribution in [0.3, 0.4) is 0 Å². The highest BCUT2D eigenvalue weighted by atomic mass is 16.4. The van der Waals surface area contributed by atoms with Gasteiger partial charge in [-0.2, -0.15) is 0 Å². The first kappa shape index (κ1) is 15.4. The smallest absolute Gasteiger partial charge is 0.326 e. The van der Waals surface area contributed by atoms with Gasteiger partial charge in [-0.25, -0.2) is 4.79 Å². The lowest BCUT2D eigenvalue weighted by atomic mass is 10.1. The summed E-state index contributed by atoms with van der Waals surface area (Å²) in [6, 6.07) is -1.11. The van der Waals surface area contributed by atoms with E-state index in [9.17, 15) is 14.4 Å². The zero-order chi connectivity index (χ0) is 13.3. The van der Waals surface area contributed by atoms with Gasteiger partial charge in [-0.1, -0.05) is 19.8 Å². The van der Waals surface area contributed by atoms with Gasteiger partial charge in [0.1, 0.15) is 6.04 Å². The third kappa shape index (κ3) is 8.24. The van der Waals surface area contributed by atoms with Gasteiger partial charge >= 0.3 is 11.9 Å². The van der Waals surface area contributed by atoms with Gasteiger partial charge in [0.05, 0.1) is 0 Å². The van der Waals surface area contributed by atoms with Crippen LogP contribution in [0, 0.1) is 0 Å². The maximum Gasteiger partial charge on any atom is 0.326 e. The minimum Gasteiger partial charge on any atom is -0.481 e. The van der Waals surface area contributed by atoms with Crippen LogP contribution < -0.4 is 5.32 Å². The van der Waals surface area contributed by atoms with Crippen molar-refractivity contribution in [3.8, 4) is 0 Å². The fourth-order valence-electron chi connectivity index (χ4n) is 1.33. The first-order chi connectivity index (χ1) is 7.97.